The van der Waals surface area contributed by atoms with Crippen LogP contribution in [0.25, 0.3) is 0 Å². The molecule has 0 N–H and O–H groups in total. The number of ether oxygens (including phenoxy) is 1. The molecule has 4 heteroatoms. The quantitative estimate of drug-likeness (QED) is 0.814. The second kappa shape index (κ2) is 7.55. The minimum Gasteiger partial charge on any atom is -0.377 e. The van der Waals surface area contributed by atoms with Crippen LogP contribution < -0.4 is 0 Å². The topological polar surface area (TPSA) is 36.3 Å². The fourth-order valence-electron chi connectivity index (χ4n) is 2.91. The molecule has 1 aromatic carbocycles. The summed E-state index contributed by atoms with van der Waals surface area (Å²) in [6.45, 7) is 3.50. The number of nitrogens with zero attached hydrogens (tertiary/aromatic N) is 2. The molecule has 1 fully saturated rings. The first-order valence-electron chi connectivity index (χ1n) is 7.68. The van der Waals surface area contributed by atoms with Gasteiger partial charge in [0.2, 0.25) is 0 Å². The zero-order chi connectivity index (χ0) is 15.2. The van der Waals surface area contributed by atoms with Crippen LogP contribution in [0, 0.1) is 11.3 Å². The van der Waals surface area contributed by atoms with Crippen LogP contribution in [0.15, 0.2) is 41.1 Å². The fourth-order valence-corrected chi connectivity index (χ4v) is 3.57. The second-order valence-electron chi connectivity index (χ2n) is 5.71. The van der Waals surface area contributed by atoms with E-state index in [-0.39, 0.29) is 0 Å². The molecule has 0 bridgehead atoms. The molecule has 3 nitrogen and oxygen atoms in total. The van der Waals surface area contributed by atoms with Crippen molar-refractivity contribution >= 4 is 11.3 Å². The van der Waals surface area contributed by atoms with Gasteiger partial charge in [-0.1, -0.05) is 18.2 Å². The Bertz CT molecular complexity index is 627. The lowest BCUT2D eigenvalue weighted by atomic mass is 10.1. The minimum atomic E-state index is 0.327. The average molecular weight is 312 g/mol. The van der Waals surface area contributed by atoms with Crippen molar-refractivity contribution in [2.45, 2.75) is 32.0 Å². The highest BCUT2D eigenvalue weighted by Gasteiger charge is 2.20. The Hall–Kier alpha value is -1.67. The fraction of sp³-hybridized carbons (Fsp3) is 0.389. The van der Waals surface area contributed by atoms with E-state index >= 15 is 0 Å². The van der Waals surface area contributed by atoms with Crippen LogP contribution in [-0.2, 0) is 17.8 Å². The second-order valence-corrected chi connectivity index (χ2v) is 6.49. The third-order valence-corrected chi connectivity index (χ3v) is 4.74. The summed E-state index contributed by atoms with van der Waals surface area (Å²) < 4.78 is 5.79. The van der Waals surface area contributed by atoms with E-state index in [1.807, 2.05) is 18.2 Å². The van der Waals surface area contributed by atoms with Crippen LogP contribution >= 0.6 is 11.3 Å². The molecule has 0 radical (unpaired) electrons. The highest BCUT2D eigenvalue weighted by molar-refractivity contribution is 7.07. The standard InChI is InChI=1S/C18H20N2OS/c19-10-16-4-1-2-5-17(16)12-20(11-15-7-9-22-14-15)13-18-6-3-8-21-18/h1-2,4-5,7,9,14,18H,3,6,8,11-13H2. The Kier molecular flexibility index (Phi) is 5.23. The average Bonchev–Trinajstić information content (AvgIpc) is 3.21. The lowest BCUT2D eigenvalue weighted by Gasteiger charge is -2.25. The number of nitriles is 1. The summed E-state index contributed by atoms with van der Waals surface area (Å²) in [5.41, 5.74) is 3.20. The van der Waals surface area contributed by atoms with Crippen LogP contribution in [0.1, 0.15) is 29.5 Å². The smallest absolute Gasteiger partial charge is 0.0995 e. The number of hydrogen-bond donors (Lipinski definition) is 0. The van der Waals surface area contributed by atoms with Gasteiger partial charge >= 0.3 is 0 Å². The Labute approximate surface area is 135 Å². The van der Waals surface area contributed by atoms with Gasteiger partial charge in [0.25, 0.3) is 0 Å². The summed E-state index contributed by atoms with van der Waals surface area (Å²) in [6.07, 6.45) is 2.62. The highest BCUT2D eigenvalue weighted by Crippen LogP contribution is 2.19. The Morgan fingerprint density at radius 1 is 1.27 bits per heavy atom. The van der Waals surface area contributed by atoms with Gasteiger partial charge in [-0.15, -0.1) is 0 Å². The lowest BCUT2D eigenvalue weighted by Crippen LogP contribution is -2.31. The molecule has 3 rings (SSSR count). The van der Waals surface area contributed by atoms with Gasteiger partial charge in [-0.2, -0.15) is 16.6 Å². The van der Waals surface area contributed by atoms with E-state index in [1.54, 1.807) is 11.3 Å². The van der Waals surface area contributed by atoms with Gasteiger partial charge in [-0.05, 0) is 46.9 Å². The van der Waals surface area contributed by atoms with Gasteiger partial charge in [0.15, 0.2) is 0 Å². The van der Waals surface area contributed by atoms with Gasteiger partial charge in [0, 0.05) is 26.2 Å². The number of benzene rings is 1. The van der Waals surface area contributed by atoms with E-state index in [4.69, 9.17) is 4.74 Å². The molecule has 0 spiro atoms. The van der Waals surface area contributed by atoms with Crippen molar-refractivity contribution in [3.63, 3.8) is 0 Å². The molecule has 2 aromatic rings. The zero-order valence-corrected chi connectivity index (χ0v) is 13.4. The SMILES string of the molecule is N#Cc1ccccc1CN(Cc1ccsc1)CC1CCCO1. The normalized spacial score (nSPS) is 17.7. The van der Waals surface area contributed by atoms with Crippen LogP contribution in [-0.4, -0.2) is 24.2 Å². The molecule has 0 aliphatic carbocycles. The highest BCUT2D eigenvalue weighted by atomic mass is 32.1. The molecule has 1 aliphatic rings. The van der Waals surface area contributed by atoms with Crippen LogP contribution in [0.5, 0.6) is 0 Å². The molecule has 22 heavy (non-hydrogen) atoms. The number of thiophene rings is 1. The maximum Gasteiger partial charge on any atom is 0.0995 e. The predicted molar refractivity (Wildman–Crippen MR) is 88.6 cm³/mol. The first-order chi connectivity index (χ1) is 10.8. The van der Waals surface area contributed by atoms with Crippen molar-refractivity contribution in [1.29, 1.82) is 5.26 Å². The summed E-state index contributed by atoms with van der Waals surface area (Å²) >= 11 is 1.73. The molecule has 1 aromatic heterocycles. The molecule has 1 unspecified atom stereocenters. The van der Waals surface area contributed by atoms with Gasteiger partial charge in [0.05, 0.1) is 17.7 Å². The lowest BCUT2D eigenvalue weighted by molar-refractivity contribution is 0.0679. The minimum absolute atomic E-state index is 0.327. The zero-order valence-electron chi connectivity index (χ0n) is 12.6. The number of rotatable bonds is 6. The predicted octanol–water partition coefficient (Wildman–Crippen LogP) is 3.80. The van der Waals surface area contributed by atoms with Crippen LogP contribution in [0.2, 0.25) is 0 Å². The number of hydrogen-bond acceptors (Lipinski definition) is 4. The van der Waals surface area contributed by atoms with Crippen molar-refractivity contribution in [1.82, 2.24) is 4.90 Å². The molecular weight excluding hydrogens is 292 g/mol. The van der Waals surface area contributed by atoms with Gasteiger partial charge in [-0.3, -0.25) is 4.90 Å². The van der Waals surface area contributed by atoms with Crippen molar-refractivity contribution < 1.29 is 4.74 Å². The maximum atomic E-state index is 9.28. The summed E-state index contributed by atoms with van der Waals surface area (Å²) in [5.74, 6) is 0. The molecule has 1 saturated heterocycles. The Morgan fingerprint density at radius 2 is 2.18 bits per heavy atom. The van der Waals surface area contributed by atoms with Crippen LogP contribution in [0.4, 0.5) is 0 Å². The van der Waals surface area contributed by atoms with Crippen LogP contribution in [0.3, 0.4) is 0 Å². The van der Waals surface area contributed by atoms with E-state index < -0.39 is 0 Å². The Balaban J connectivity index is 1.73. The first kappa shape index (κ1) is 15.2. The molecule has 2 heterocycles. The van der Waals surface area contributed by atoms with Gasteiger partial charge in [-0.25, -0.2) is 0 Å². The molecule has 0 amide bonds. The molecule has 1 atom stereocenters. The van der Waals surface area contributed by atoms with Crippen molar-refractivity contribution in [2.75, 3.05) is 13.2 Å². The van der Waals surface area contributed by atoms with Gasteiger partial charge < -0.3 is 4.74 Å². The van der Waals surface area contributed by atoms with E-state index in [9.17, 15) is 5.26 Å². The maximum absolute atomic E-state index is 9.28. The molecule has 114 valence electrons. The summed E-state index contributed by atoms with van der Waals surface area (Å²) in [6, 6.07) is 12.3. The Morgan fingerprint density at radius 3 is 2.91 bits per heavy atom. The van der Waals surface area contributed by atoms with E-state index in [0.717, 1.165) is 50.2 Å². The van der Waals surface area contributed by atoms with E-state index in [1.165, 1.54) is 5.56 Å². The van der Waals surface area contributed by atoms with E-state index in [0.29, 0.717) is 6.10 Å². The van der Waals surface area contributed by atoms with Crippen molar-refractivity contribution in [2.24, 2.45) is 0 Å². The third kappa shape index (κ3) is 3.95. The largest absolute Gasteiger partial charge is 0.377 e. The van der Waals surface area contributed by atoms with E-state index in [2.05, 4.69) is 33.9 Å². The molecular formula is C18H20N2OS. The first-order valence-corrected chi connectivity index (χ1v) is 8.62. The van der Waals surface area contributed by atoms with Crippen molar-refractivity contribution in [3.8, 4) is 6.07 Å². The molecule has 1 aliphatic heterocycles. The summed E-state index contributed by atoms with van der Waals surface area (Å²) in [5, 5.41) is 13.6. The monoisotopic (exact) mass is 312 g/mol. The third-order valence-electron chi connectivity index (χ3n) is 4.00. The van der Waals surface area contributed by atoms with Gasteiger partial charge in [0.1, 0.15) is 0 Å². The summed E-state index contributed by atoms with van der Waals surface area (Å²) in [7, 11) is 0. The molecule has 0 saturated carbocycles. The van der Waals surface area contributed by atoms with Crippen molar-refractivity contribution in [3.05, 3.63) is 57.8 Å². The summed E-state index contributed by atoms with van der Waals surface area (Å²) in [4.78, 5) is 2.40.